The highest BCUT2D eigenvalue weighted by atomic mass is 16.2. The Labute approximate surface area is 118 Å². The van der Waals surface area contributed by atoms with Crippen molar-refractivity contribution in [3.63, 3.8) is 0 Å². The van der Waals surface area contributed by atoms with E-state index in [1.807, 2.05) is 31.2 Å². The number of rotatable bonds is 3. The monoisotopic (exact) mass is 273 g/mol. The number of amides is 2. The van der Waals surface area contributed by atoms with E-state index in [-0.39, 0.29) is 24.4 Å². The molecule has 5 heteroatoms. The van der Waals surface area contributed by atoms with Crippen LogP contribution in [0.4, 0.5) is 5.69 Å². The predicted octanol–water partition coefficient (Wildman–Crippen LogP) is 0.790. The zero-order chi connectivity index (χ0) is 14.1. The number of carbonyl (C=O) groups excluding carboxylic acids is 2. The Balaban J connectivity index is 1.84. The lowest BCUT2D eigenvalue weighted by Gasteiger charge is -2.23. The molecule has 0 saturated heterocycles. The molecule has 5 nitrogen and oxygen atoms in total. The van der Waals surface area contributed by atoms with Gasteiger partial charge in [-0.05, 0) is 31.4 Å². The first kappa shape index (κ1) is 13.1. The second-order valence-electron chi connectivity index (χ2n) is 5.50. The fraction of sp³-hybridized carbons (Fsp3) is 0.467. The molecule has 2 aliphatic rings. The summed E-state index contributed by atoms with van der Waals surface area (Å²) < 4.78 is 0. The van der Waals surface area contributed by atoms with Crippen LogP contribution in [0.2, 0.25) is 0 Å². The molecule has 1 aromatic carbocycles. The van der Waals surface area contributed by atoms with Crippen LogP contribution in [0.5, 0.6) is 0 Å². The molecule has 1 atom stereocenters. The maximum atomic E-state index is 12.4. The molecule has 0 aromatic heterocycles. The van der Waals surface area contributed by atoms with Crippen LogP contribution < -0.4 is 15.5 Å². The van der Waals surface area contributed by atoms with Crippen molar-refractivity contribution in [1.29, 1.82) is 0 Å². The summed E-state index contributed by atoms with van der Waals surface area (Å²) in [4.78, 5) is 26.0. The van der Waals surface area contributed by atoms with E-state index in [4.69, 9.17) is 0 Å². The van der Waals surface area contributed by atoms with Crippen molar-refractivity contribution >= 4 is 17.5 Å². The number of para-hydroxylation sites is 1. The van der Waals surface area contributed by atoms with Gasteiger partial charge in [0.25, 0.3) is 0 Å². The lowest BCUT2D eigenvalue weighted by atomic mass is 10.1. The largest absolute Gasteiger partial charge is 0.352 e. The molecule has 106 valence electrons. The van der Waals surface area contributed by atoms with Crippen molar-refractivity contribution in [2.75, 3.05) is 11.4 Å². The molecule has 1 fully saturated rings. The Bertz CT molecular complexity index is 540. The van der Waals surface area contributed by atoms with Crippen molar-refractivity contribution in [2.45, 2.75) is 38.4 Å². The van der Waals surface area contributed by atoms with Gasteiger partial charge in [0.15, 0.2) is 0 Å². The molecule has 1 unspecified atom stereocenters. The third-order valence-corrected chi connectivity index (χ3v) is 3.76. The molecule has 20 heavy (non-hydrogen) atoms. The fourth-order valence-corrected chi connectivity index (χ4v) is 2.43. The Morgan fingerprint density at radius 2 is 2.15 bits per heavy atom. The van der Waals surface area contributed by atoms with E-state index in [2.05, 4.69) is 10.6 Å². The second kappa shape index (κ2) is 5.25. The van der Waals surface area contributed by atoms with Crippen LogP contribution in [0.15, 0.2) is 24.3 Å². The van der Waals surface area contributed by atoms with E-state index in [1.165, 1.54) is 0 Å². The van der Waals surface area contributed by atoms with Crippen LogP contribution in [-0.4, -0.2) is 30.4 Å². The predicted molar refractivity (Wildman–Crippen MR) is 76.3 cm³/mol. The summed E-state index contributed by atoms with van der Waals surface area (Å²) in [6, 6.07) is 7.76. The zero-order valence-electron chi connectivity index (χ0n) is 11.6. The number of benzene rings is 1. The molecular weight excluding hydrogens is 254 g/mol. The summed E-state index contributed by atoms with van der Waals surface area (Å²) in [6.07, 6.45) is 2.10. The van der Waals surface area contributed by atoms with Crippen molar-refractivity contribution in [3.05, 3.63) is 29.8 Å². The van der Waals surface area contributed by atoms with Gasteiger partial charge in [-0.3, -0.25) is 9.59 Å². The molecule has 1 aliphatic heterocycles. The van der Waals surface area contributed by atoms with Gasteiger partial charge < -0.3 is 15.5 Å². The molecule has 0 spiro atoms. The van der Waals surface area contributed by atoms with Crippen molar-refractivity contribution < 1.29 is 9.59 Å². The Kier molecular flexibility index (Phi) is 3.44. The minimum atomic E-state index is -0.281. The average Bonchev–Trinajstić information content (AvgIpc) is 3.25. The topological polar surface area (TPSA) is 61.4 Å². The van der Waals surface area contributed by atoms with Gasteiger partial charge in [0, 0.05) is 18.3 Å². The Morgan fingerprint density at radius 3 is 2.90 bits per heavy atom. The zero-order valence-corrected chi connectivity index (χ0v) is 11.6. The number of nitrogens with one attached hydrogen (secondary N) is 2. The lowest BCUT2D eigenvalue weighted by Crippen LogP contribution is -2.47. The average molecular weight is 273 g/mol. The third kappa shape index (κ3) is 2.67. The van der Waals surface area contributed by atoms with Crippen molar-refractivity contribution in [3.8, 4) is 0 Å². The van der Waals surface area contributed by atoms with Crippen LogP contribution >= 0.6 is 0 Å². The van der Waals surface area contributed by atoms with Crippen LogP contribution in [0.1, 0.15) is 25.3 Å². The molecule has 1 heterocycles. The van der Waals surface area contributed by atoms with Gasteiger partial charge in [0.2, 0.25) is 11.8 Å². The van der Waals surface area contributed by atoms with Gasteiger partial charge in [0.05, 0.1) is 6.04 Å². The molecular formula is C15H19N3O2. The van der Waals surface area contributed by atoms with E-state index in [9.17, 15) is 9.59 Å². The third-order valence-electron chi connectivity index (χ3n) is 3.76. The first-order chi connectivity index (χ1) is 9.65. The molecule has 0 radical (unpaired) electrons. The highest BCUT2D eigenvalue weighted by molar-refractivity contribution is 6.02. The summed E-state index contributed by atoms with van der Waals surface area (Å²) in [5, 5.41) is 6.12. The molecule has 1 saturated carbocycles. The van der Waals surface area contributed by atoms with Gasteiger partial charge >= 0.3 is 0 Å². The van der Waals surface area contributed by atoms with Crippen molar-refractivity contribution in [1.82, 2.24) is 10.6 Å². The molecule has 2 N–H and O–H groups in total. The highest BCUT2D eigenvalue weighted by Crippen LogP contribution is 2.24. The maximum absolute atomic E-state index is 12.4. The summed E-state index contributed by atoms with van der Waals surface area (Å²) >= 11 is 0. The van der Waals surface area contributed by atoms with Crippen LogP contribution in [-0.2, 0) is 16.1 Å². The van der Waals surface area contributed by atoms with Gasteiger partial charge in [-0.1, -0.05) is 18.2 Å². The summed E-state index contributed by atoms with van der Waals surface area (Å²) in [7, 11) is 0. The molecule has 1 aliphatic carbocycles. The Morgan fingerprint density at radius 1 is 1.40 bits per heavy atom. The standard InChI is InChI=1S/C15H19N3O2/c1-10-15(20)18(9-14(19)17-12-6-7-12)13-5-3-2-4-11(13)8-16-10/h2-5,10,12,16H,6-9H2,1H3,(H,17,19). The normalized spacial score (nSPS) is 22.1. The van der Waals surface area contributed by atoms with Crippen molar-refractivity contribution in [2.24, 2.45) is 0 Å². The molecule has 2 amide bonds. The quantitative estimate of drug-likeness (QED) is 0.856. The van der Waals surface area contributed by atoms with E-state index in [1.54, 1.807) is 4.90 Å². The number of fused-ring (bicyclic) bond motifs is 1. The number of carbonyl (C=O) groups is 2. The SMILES string of the molecule is CC1NCc2ccccc2N(CC(=O)NC2CC2)C1=O. The second-order valence-corrected chi connectivity index (χ2v) is 5.50. The van der Waals surface area contributed by atoms with Gasteiger partial charge in [-0.15, -0.1) is 0 Å². The first-order valence-corrected chi connectivity index (χ1v) is 7.07. The first-order valence-electron chi connectivity index (χ1n) is 7.07. The maximum Gasteiger partial charge on any atom is 0.244 e. The van der Waals surface area contributed by atoms with Crippen LogP contribution in [0.3, 0.4) is 0 Å². The fourth-order valence-electron chi connectivity index (χ4n) is 2.43. The van der Waals surface area contributed by atoms with E-state index >= 15 is 0 Å². The lowest BCUT2D eigenvalue weighted by molar-refractivity contribution is -0.124. The summed E-state index contributed by atoms with van der Waals surface area (Å²) in [5.41, 5.74) is 1.88. The molecule has 3 rings (SSSR count). The van der Waals surface area contributed by atoms with Gasteiger partial charge in [-0.25, -0.2) is 0 Å². The van der Waals surface area contributed by atoms with E-state index in [0.717, 1.165) is 24.1 Å². The molecule has 0 bridgehead atoms. The number of hydrogen-bond donors (Lipinski definition) is 2. The summed E-state index contributed by atoms with van der Waals surface area (Å²) in [6.45, 7) is 2.57. The van der Waals surface area contributed by atoms with Gasteiger partial charge in [-0.2, -0.15) is 0 Å². The number of anilines is 1. The Hall–Kier alpha value is -1.88. The van der Waals surface area contributed by atoms with E-state index in [0.29, 0.717) is 12.6 Å². The number of hydrogen-bond acceptors (Lipinski definition) is 3. The van der Waals surface area contributed by atoms with Crippen LogP contribution in [0.25, 0.3) is 0 Å². The number of nitrogens with zero attached hydrogens (tertiary/aromatic N) is 1. The highest BCUT2D eigenvalue weighted by Gasteiger charge is 2.30. The summed E-state index contributed by atoms with van der Waals surface area (Å²) in [5.74, 6) is -0.134. The van der Waals surface area contributed by atoms with E-state index < -0.39 is 0 Å². The minimum Gasteiger partial charge on any atom is -0.352 e. The van der Waals surface area contributed by atoms with Crippen LogP contribution in [0, 0.1) is 0 Å². The smallest absolute Gasteiger partial charge is 0.244 e. The molecule has 1 aromatic rings. The minimum absolute atomic E-state index is 0.0547. The van der Waals surface area contributed by atoms with Gasteiger partial charge in [0.1, 0.15) is 6.54 Å².